The van der Waals surface area contributed by atoms with E-state index in [2.05, 4.69) is 5.32 Å². The van der Waals surface area contributed by atoms with E-state index in [0.29, 0.717) is 15.6 Å². The van der Waals surface area contributed by atoms with Crippen LogP contribution in [0.1, 0.15) is 41.8 Å². The van der Waals surface area contributed by atoms with E-state index in [-0.39, 0.29) is 5.91 Å². The van der Waals surface area contributed by atoms with Crippen molar-refractivity contribution in [2.24, 2.45) is 5.73 Å². The fourth-order valence-corrected chi connectivity index (χ4v) is 3.42. The van der Waals surface area contributed by atoms with Crippen molar-refractivity contribution >= 4 is 34.5 Å². The third kappa shape index (κ3) is 3.06. The fraction of sp³-hybridized carbons (Fsp3) is 0.538. The number of hydrogen-bond donors (Lipinski definition) is 2. The molecule has 0 unspecified atom stereocenters. The molecule has 0 aliphatic heterocycles. The van der Waals surface area contributed by atoms with Gasteiger partial charge in [0.15, 0.2) is 0 Å². The number of hydrogen-bond acceptors (Lipinski definition) is 4. The molecule has 1 aliphatic carbocycles. The quantitative estimate of drug-likeness (QED) is 0.838. The van der Waals surface area contributed by atoms with Gasteiger partial charge in [0.05, 0.1) is 22.5 Å². The van der Waals surface area contributed by atoms with E-state index in [4.69, 9.17) is 22.7 Å². The second-order valence-corrected chi connectivity index (χ2v) is 6.16. The highest BCUT2D eigenvalue weighted by atomic mass is 32.1. The highest BCUT2D eigenvalue weighted by Gasteiger charge is 2.36. The molecule has 19 heavy (non-hydrogen) atoms. The molecule has 0 bridgehead atoms. The van der Waals surface area contributed by atoms with Crippen molar-refractivity contribution in [1.29, 1.82) is 0 Å². The first-order chi connectivity index (χ1) is 9.07. The van der Waals surface area contributed by atoms with Crippen LogP contribution in [0.4, 0.5) is 0 Å². The van der Waals surface area contributed by atoms with Crippen LogP contribution >= 0.6 is 23.6 Å². The van der Waals surface area contributed by atoms with Gasteiger partial charge in [-0.2, -0.15) is 0 Å². The predicted molar refractivity (Wildman–Crippen MR) is 80.9 cm³/mol. The molecule has 1 aromatic heterocycles. The molecule has 104 valence electrons. The van der Waals surface area contributed by atoms with Crippen LogP contribution in [0.15, 0.2) is 11.4 Å². The van der Waals surface area contributed by atoms with Gasteiger partial charge in [-0.15, -0.1) is 11.3 Å². The zero-order valence-electron chi connectivity index (χ0n) is 10.9. The molecule has 1 heterocycles. The first-order valence-corrected chi connectivity index (χ1v) is 7.61. The second kappa shape index (κ2) is 5.88. The maximum atomic E-state index is 12.3. The lowest BCUT2D eigenvalue weighted by Crippen LogP contribution is -2.57. The van der Waals surface area contributed by atoms with Crippen molar-refractivity contribution in [3.63, 3.8) is 0 Å². The Bertz CT molecular complexity index is 479. The van der Waals surface area contributed by atoms with Crippen LogP contribution in [-0.2, 0) is 0 Å². The van der Waals surface area contributed by atoms with Crippen molar-refractivity contribution < 1.29 is 9.53 Å². The standard InChI is InChI=1S/C13H18N2O2S2/c1-17-9-7-10(19-8-9)11(16)15-13(12(14)18)5-3-2-4-6-13/h7-8H,2-6H2,1H3,(H2,14,18)(H,15,16). The number of thiophene rings is 1. The minimum Gasteiger partial charge on any atom is -0.496 e. The Morgan fingerprint density at radius 2 is 2.16 bits per heavy atom. The summed E-state index contributed by atoms with van der Waals surface area (Å²) in [5.41, 5.74) is 5.34. The van der Waals surface area contributed by atoms with Crippen molar-refractivity contribution in [1.82, 2.24) is 5.32 Å². The Balaban J connectivity index is 2.12. The number of nitrogens with one attached hydrogen (secondary N) is 1. The molecule has 0 aromatic carbocycles. The minimum atomic E-state index is -0.512. The van der Waals surface area contributed by atoms with Crippen molar-refractivity contribution in [3.8, 4) is 5.75 Å². The molecule has 4 nitrogen and oxygen atoms in total. The Hall–Kier alpha value is -1.14. The summed E-state index contributed by atoms with van der Waals surface area (Å²) < 4.78 is 5.09. The molecular formula is C13H18N2O2S2. The average Bonchev–Trinajstić information content (AvgIpc) is 2.88. The number of rotatable bonds is 4. The Labute approximate surface area is 122 Å². The zero-order chi connectivity index (χ0) is 13.9. The van der Waals surface area contributed by atoms with Gasteiger partial charge in [0.25, 0.3) is 5.91 Å². The van der Waals surface area contributed by atoms with E-state index in [1.807, 2.05) is 5.38 Å². The Morgan fingerprint density at radius 3 is 2.68 bits per heavy atom. The van der Waals surface area contributed by atoms with Crippen LogP contribution in [0, 0.1) is 0 Å². The summed E-state index contributed by atoms with van der Waals surface area (Å²) in [7, 11) is 1.58. The molecule has 1 aromatic rings. The molecule has 0 atom stereocenters. The van der Waals surface area contributed by atoms with Crippen molar-refractivity contribution in [2.75, 3.05) is 7.11 Å². The lowest BCUT2D eigenvalue weighted by Gasteiger charge is -2.37. The first-order valence-electron chi connectivity index (χ1n) is 6.32. The summed E-state index contributed by atoms with van der Waals surface area (Å²) in [4.78, 5) is 13.3. The van der Waals surface area contributed by atoms with Crippen LogP contribution in [0.2, 0.25) is 0 Å². The largest absolute Gasteiger partial charge is 0.496 e. The Kier molecular flexibility index (Phi) is 4.42. The van der Waals surface area contributed by atoms with Crippen LogP contribution in [-0.4, -0.2) is 23.5 Å². The van der Waals surface area contributed by atoms with Gasteiger partial charge in [-0.1, -0.05) is 31.5 Å². The van der Waals surface area contributed by atoms with E-state index < -0.39 is 5.54 Å². The SMILES string of the molecule is COc1csc(C(=O)NC2(C(N)=S)CCCCC2)c1. The van der Waals surface area contributed by atoms with E-state index in [9.17, 15) is 4.79 Å². The number of carbonyl (C=O) groups is 1. The van der Waals surface area contributed by atoms with E-state index in [1.165, 1.54) is 17.8 Å². The Morgan fingerprint density at radius 1 is 1.47 bits per heavy atom. The van der Waals surface area contributed by atoms with Crippen LogP contribution in [0.25, 0.3) is 0 Å². The average molecular weight is 298 g/mol. The second-order valence-electron chi connectivity index (χ2n) is 4.81. The van der Waals surface area contributed by atoms with Gasteiger partial charge in [0, 0.05) is 11.4 Å². The van der Waals surface area contributed by atoms with Gasteiger partial charge >= 0.3 is 0 Å². The number of amides is 1. The van der Waals surface area contributed by atoms with Gasteiger partial charge in [-0.25, -0.2) is 0 Å². The number of nitrogens with two attached hydrogens (primary N) is 1. The maximum Gasteiger partial charge on any atom is 0.262 e. The zero-order valence-corrected chi connectivity index (χ0v) is 12.5. The summed E-state index contributed by atoms with van der Waals surface area (Å²) >= 11 is 6.53. The van der Waals surface area contributed by atoms with Crippen LogP contribution in [0.3, 0.4) is 0 Å². The molecule has 0 spiro atoms. The number of ether oxygens (including phenoxy) is 1. The molecule has 0 saturated heterocycles. The smallest absolute Gasteiger partial charge is 0.262 e. The van der Waals surface area contributed by atoms with Crippen molar-refractivity contribution in [3.05, 3.63) is 16.3 Å². The van der Waals surface area contributed by atoms with Gasteiger partial charge in [0.1, 0.15) is 5.75 Å². The third-order valence-electron chi connectivity index (χ3n) is 3.57. The summed E-state index contributed by atoms with van der Waals surface area (Å²) in [5.74, 6) is 0.575. The van der Waals surface area contributed by atoms with Gasteiger partial charge in [0.2, 0.25) is 0 Å². The van der Waals surface area contributed by atoms with E-state index in [1.54, 1.807) is 13.2 Å². The molecule has 2 rings (SSSR count). The van der Waals surface area contributed by atoms with Crippen LogP contribution < -0.4 is 15.8 Å². The lowest BCUT2D eigenvalue weighted by molar-refractivity contribution is 0.0912. The van der Waals surface area contributed by atoms with E-state index >= 15 is 0 Å². The monoisotopic (exact) mass is 298 g/mol. The fourth-order valence-electron chi connectivity index (χ4n) is 2.41. The lowest BCUT2D eigenvalue weighted by atomic mass is 9.81. The first kappa shape index (κ1) is 14.3. The minimum absolute atomic E-state index is 0.122. The molecule has 1 saturated carbocycles. The molecule has 1 amide bonds. The summed E-state index contributed by atoms with van der Waals surface area (Å²) in [6.45, 7) is 0. The van der Waals surface area contributed by atoms with Gasteiger partial charge < -0.3 is 15.8 Å². The number of carbonyl (C=O) groups excluding carboxylic acids is 1. The highest BCUT2D eigenvalue weighted by Crippen LogP contribution is 2.30. The normalized spacial score (nSPS) is 17.7. The molecule has 0 radical (unpaired) electrons. The van der Waals surface area contributed by atoms with Crippen LogP contribution in [0.5, 0.6) is 5.75 Å². The molecule has 1 aliphatic rings. The molecule has 3 N–H and O–H groups in total. The number of methoxy groups -OCH3 is 1. The molecule has 1 fully saturated rings. The third-order valence-corrected chi connectivity index (χ3v) is 4.86. The summed E-state index contributed by atoms with van der Waals surface area (Å²) in [6, 6.07) is 1.73. The van der Waals surface area contributed by atoms with Gasteiger partial charge in [-0.05, 0) is 12.8 Å². The van der Waals surface area contributed by atoms with E-state index in [0.717, 1.165) is 25.7 Å². The van der Waals surface area contributed by atoms with Crippen molar-refractivity contribution in [2.45, 2.75) is 37.6 Å². The molecule has 6 heteroatoms. The summed E-state index contributed by atoms with van der Waals surface area (Å²) in [5, 5.41) is 4.84. The van der Waals surface area contributed by atoms with Gasteiger partial charge in [-0.3, -0.25) is 4.79 Å². The maximum absolute atomic E-state index is 12.3. The summed E-state index contributed by atoms with van der Waals surface area (Å²) in [6.07, 6.45) is 4.93. The topological polar surface area (TPSA) is 64.3 Å². The molecular weight excluding hydrogens is 280 g/mol. The number of thiocarbonyl (C=S) groups is 1. The highest BCUT2D eigenvalue weighted by molar-refractivity contribution is 7.80. The predicted octanol–water partition coefficient (Wildman–Crippen LogP) is 2.48.